The minimum absolute atomic E-state index is 0.107. The molecule has 0 heterocycles. The topological polar surface area (TPSA) is 66.5 Å². The number of benzene rings is 1. The third-order valence-electron chi connectivity index (χ3n) is 1.88. The van der Waals surface area contributed by atoms with Gasteiger partial charge in [-0.1, -0.05) is 0 Å². The monoisotopic (exact) mass is 203 g/mol. The fourth-order valence-corrected chi connectivity index (χ4v) is 1.22. The van der Waals surface area contributed by atoms with E-state index in [0.717, 1.165) is 6.07 Å². The lowest BCUT2D eigenvalue weighted by atomic mass is 10.0. The van der Waals surface area contributed by atoms with Crippen molar-refractivity contribution in [3.05, 3.63) is 29.3 Å². The molecular weight excluding hydrogens is 192 g/mol. The molecule has 78 valence electrons. The zero-order valence-corrected chi connectivity index (χ0v) is 7.37. The van der Waals surface area contributed by atoms with Gasteiger partial charge in [-0.25, -0.2) is 8.78 Å². The number of phenolic OH excluding ortho intramolecular Hbond substituents is 1. The molecule has 0 aliphatic rings. The van der Waals surface area contributed by atoms with E-state index >= 15 is 0 Å². The Hall–Kier alpha value is -1.20. The molecular formula is C9H11F2NO2. The van der Waals surface area contributed by atoms with Gasteiger partial charge in [-0.15, -0.1) is 0 Å². The van der Waals surface area contributed by atoms with Crippen LogP contribution in [0.25, 0.3) is 0 Å². The fraction of sp³-hybridized carbons (Fsp3) is 0.333. The summed E-state index contributed by atoms with van der Waals surface area (Å²) in [5.74, 6) is -2.29. The number of halogens is 2. The molecule has 0 spiro atoms. The lowest BCUT2D eigenvalue weighted by Gasteiger charge is -2.13. The van der Waals surface area contributed by atoms with Crippen molar-refractivity contribution in [1.29, 1.82) is 0 Å². The van der Waals surface area contributed by atoms with Gasteiger partial charge in [0.25, 0.3) is 0 Å². The van der Waals surface area contributed by atoms with Gasteiger partial charge in [-0.2, -0.15) is 0 Å². The van der Waals surface area contributed by atoms with Gasteiger partial charge in [-0.05, 0) is 6.42 Å². The molecule has 1 atom stereocenters. The molecule has 1 aromatic carbocycles. The van der Waals surface area contributed by atoms with Crippen molar-refractivity contribution >= 4 is 0 Å². The van der Waals surface area contributed by atoms with Crippen LogP contribution in [0.15, 0.2) is 12.1 Å². The second kappa shape index (κ2) is 4.34. The number of hydrogen-bond donors (Lipinski definition) is 3. The summed E-state index contributed by atoms with van der Waals surface area (Å²) in [7, 11) is 0. The summed E-state index contributed by atoms with van der Waals surface area (Å²) in [5.41, 5.74) is 5.31. The van der Waals surface area contributed by atoms with Crippen LogP contribution in [-0.4, -0.2) is 16.8 Å². The smallest absolute Gasteiger partial charge is 0.134 e. The molecule has 14 heavy (non-hydrogen) atoms. The first-order valence-electron chi connectivity index (χ1n) is 4.10. The molecule has 0 saturated carbocycles. The van der Waals surface area contributed by atoms with Crippen molar-refractivity contribution in [3.63, 3.8) is 0 Å². The Bertz CT molecular complexity index is 308. The lowest BCUT2D eigenvalue weighted by molar-refractivity contribution is 0.274. The zero-order valence-electron chi connectivity index (χ0n) is 7.37. The molecule has 5 heteroatoms. The molecule has 0 amide bonds. The molecule has 0 saturated heterocycles. The normalized spacial score (nSPS) is 12.9. The minimum atomic E-state index is -0.900. The van der Waals surface area contributed by atoms with Crippen molar-refractivity contribution in [2.45, 2.75) is 12.5 Å². The van der Waals surface area contributed by atoms with Crippen LogP contribution in [0.4, 0.5) is 8.78 Å². The van der Waals surface area contributed by atoms with E-state index in [1.807, 2.05) is 0 Å². The van der Waals surface area contributed by atoms with Gasteiger partial charge in [0, 0.05) is 30.3 Å². The average molecular weight is 203 g/mol. The van der Waals surface area contributed by atoms with Crippen molar-refractivity contribution < 1.29 is 19.0 Å². The average Bonchev–Trinajstić information content (AvgIpc) is 2.01. The Balaban J connectivity index is 3.07. The van der Waals surface area contributed by atoms with Crippen LogP contribution in [0.1, 0.15) is 18.0 Å². The van der Waals surface area contributed by atoms with E-state index in [2.05, 4.69) is 0 Å². The Kier molecular flexibility index (Phi) is 3.38. The molecule has 0 fully saturated rings. The van der Waals surface area contributed by atoms with E-state index in [1.54, 1.807) is 0 Å². The summed E-state index contributed by atoms with van der Waals surface area (Å²) in [6, 6.07) is 0.600. The third-order valence-corrected chi connectivity index (χ3v) is 1.88. The standard InChI is InChI=1S/C9H11F2NO2/c10-5-3-6(11)9(8(14)4-5)7(12)1-2-13/h3-4,7,13-14H,1-2,12H2. The third kappa shape index (κ3) is 2.18. The largest absolute Gasteiger partial charge is 0.507 e. The van der Waals surface area contributed by atoms with Crippen LogP contribution in [0.2, 0.25) is 0 Å². The molecule has 1 aromatic rings. The van der Waals surface area contributed by atoms with Gasteiger partial charge >= 0.3 is 0 Å². The van der Waals surface area contributed by atoms with Crippen molar-refractivity contribution in [2.75, 3.05) is 6.61 Å². The van der Waals surface area contributed by atoms with E-state index in [4.69, 9.17) is 10.8 Å². The van der Waals surface area contributed by atoms with Gasteiger partial charge in [0.2, 0.25) is 0 Å². The summed E-state index contributed by atoms with van der Waals surface area (Å²) < 4.78 is 25.7. The van der Waals surface area contributed by atoms with Crippen molar-refractivity contribution in [3.8, 4) is 5.75 Å². The second-order valence-corrected chi connectivity index (χ2v) is 2.94. The van der Waals surface area contributed by atoms with E-state index in [-0.39, 0.29) is 18.6 Å². The Labute approximate surface area is 79.8 Å². The van der Waals surface area contributed by atoms with Gasteiger partial charge in [0.05, 0.1) is 0 Å². The molecule has 0 aliphatic heterocycles. The van der Waals surface area contributed by atoms with Crippen LogP contribution >= 0.6 is 0 Å². The van der Waals surface area contributed by atoms with E-state index < -0.39 is 23.4 Å². The van der Waals surface area contributed by atoms with Gasteiger partial charge < -0.3 is 15.9 Å². The highest BCUT2D eigenvalue weighted by Crippen LogP contribution is 2.28. The van der Waals surface area contributed by atoms with Crippen LogP contribution in [0.3, 0.4) is 0 Å². The van der Waals surface area contributed by atoms with E-state index in [0.29, 0.717) is 6.07 Å². The number of rotatable bonds is 3. The van der Waals surface area contributed by atoms with E-state index in [9.17, 15) is 13.9 Å². The summed E-state index contributed by atoms with van der Waals surface area (Å²) in [5, 5.41) is 17.8. The van der Waals surface area contributed by atoms with Gasteiger partial charge in [0.1, 0.15) is 17.4 Å². The summed E-state index contributed by atoms with van der Waals surface area (Å²) >= 11 is 0. The highest BCUT2D eigenvalue weighted by molar-refractivity contribution is 5.36. The van der Waals surface area contributed by atoms with Crippen molar-refractivity contribution in [2.24, 2.45) is 5.73 Å². The lowest BCUT2D eigenvalue weighted by Crippen LogP contribution is -2.14. The zero-order chi connectivity index (χ0) is 10.7. The summed E-state index contributed by atoms with van der Waals surface area (Å²) in [4.78, 5) is 0. The predicted molar refractivity (Wildman–Crippen MR) is 46.7 cm³/mol. The molecule has 0 bridgehead atoms. The molecule has 1 unspecified atom stereocenters. The fourth-order valence-electron chi connectivity index (χ4n) is 1.22. The number of nitrogens with two attached hydrogens (primary N) is 1. The number of aliphatic hydroxyl groups is 1. The van der Waals surface area contributed by atoms with Crippen LogP contribution in [-0.2, 0) is 0 Å². The maximum Gasteiger partial charge on any atom is 0.134 e. The highest BCUT2D eigenvalue weighted by atomic mass is 19.1. The van der Waals surface area contributed by atoms with Crippen LogP contribution in [0, 0.1) is 11.6 Å². The van der Waals surface area contributed by atoms with Gasteiger partial charge in [0.15, 0.2) is 0 Å². The van der Waals surface area contributed by atoms with E-state index in [1.165, 1.54) is 0 Å². The van der Waals surface area contributed by atoms with Crippen LogP contribution in [0.5, 0.6) is 5.75 Å². The number of aliphatic hydroxyl groups excluding tert-OH is 1. The second-order valence-electron chi connectivity index (χ2n) is 2.94. The molecule has 0 aliphatic carbocycles. The first-order chi connectivity index (χ1) is 6.56. The quantitative estimate of drug-likeness (QED) is 0.688. The molecule has 0 radical (unpaired) electrons. The molecule has 1 rings (SSSR count). The summed E-state index contributed by atoms with van der Waals surface area (Å²) in [6.07, 6.45) is 0.107. The predicted octanol–water partition coefficient (Wildman–Crippen LogP) is 1.05. The maximum absolute atomic E-state index is 13.1. The SMILES string of the molecule is NC(CCO)c1c(O)cc(F)cc1F. The first kappa shape index (κ1) is 10.9. The number of phenols is 1. The Morgan fingerprint density at radius 3 is 2.50 bits per heavy atom. The Morgan fingerprint density at radius 1 is 1.36 bits per heavy atom. The molecule has 3 nitrogen and oxygen atoms in total. The number of hydrogen-bond acceptors (Lipinski definition) is 3. The van der Waals surface area contributed by atoms with Crippen LogP contribution < -0.4 is 5.73 Å². The van der Waals surface area contributed by atoms with Gasteiger partial charge in [-0.3, -0.25) is 0 Å². The summed E-state index contributed by atoms with van der Waals surface area (Å²) in [6.45, 7) is -0.225. The molecule has 0 aromatic heterocycles. The Morgan fingerprint density at radius 2 is 2.00 bits per heavy atom. The number of aromatic hydroxyl groups is 1. The molecule has 4 N–H and O–H groups in total. The maximum atomic E-state index is 13.1. The minimum Gasteiger partial charge on any atom is -0.507 e. The first-order valence-corrected chi connectivity index (χ1v) is 4.10. The van der Waals surface area contributed by atoms with Crippen molar-refractivity contribution in [1.82, 2.24) is 0 Å². The highest BCUT2D eigenvalue weighted by Gasteiger charge is 2.17.